The zero-order valence-electron chi connectivity index (χ0n) is 14.2. The molecule has 1 aliphatic rings. The third-order valence-electron chi connectivity index (χ3n) is 4.69. The number of hydrogen-bond acceptors (Lipinski definition) is 2. The Labute approximate surface area is 152 Å². The van der Waals surface area contributed by atoms with Crippen LogP contribution in [-0.2, 0) is 11.3 Å². The predicted octanol–water partition coefficient (Wildman–Crippen LogP) is 5.55. The molecule has 0 unspecified atom stereocenters. The number of rotatable bonds is 5. The van der Waals surface area contributed by atoms with Crippen molar-refractivity contribution in [1.29, 1.82) is 0 Å². The van der Waals surface area contributed by atoms with Crippen molar-refractivity contribution in [3.8, 4) is 11.1 Å². The number of carbonyl (C=O) groups is 1. The SMILES string of the molecule is CCOC(=O)c1c(-c2ccccc2)c2cc(Cl)ccc2n1CC1CC1. The molecule has 4 rings (SSSR count). The second kappa shape index (κ2) is 6.57. The number of nitrogens with zero attached hydrogens (tertiary/aromatic N) is 1. The van der Waals surface area contributed by atoms with Crippen LogP contribution in [-0.4, -0.2) is 17.1 Å². The number of esters is 1. The summed E-state index contributed by atoms with van der Waals surface area (Å²) in [6.07, 6.45) is 2.44. The van der Waals surface area contributed by atoms with Crippen LogP contribution in [0.2, 0.25) is 5.02 Å². The van der Waals surface area contributed by atoms with Gasteiger partial charge in [-0.15, -0.1) is 0 Å². The summed E-state index contributed by atoms with van der Waals surface area (Å²) in [6.45, 7) is 3.04. The van der Waals surface area contributed by atoms with Crippen molar-refractivity contribution in [2.24, 2.45) is 5.92 Å². The van der Waals surface area contributed by atoms with Gasteiger partial charge in [0, 0.05) is 28.0 Å². The van der Waals surface area contributed by atoms with E-state index in [0.29, 0.717) is 23.2 Å². The number of fused-ring (bicyclic) bond motifs is 1. The lowest BCUT2D eigenvalue weighted by atomic mass is 10.0. The fraction of sp³-hybridized carbons (Fsp3) is 0.286. The molecular formula is C21H20ClNO2. The van der Waals surface area contributed by atoms with Crippen molar-refractivity contribution in [1.82, 2.24) is 4.57 Å². The number of carbonyl (C=O) groups excluding carboxylic acids is 1. The van der Waals surface area contributed by atoms with Gasteiger partial charge in [-0.05, 0) is 49.4 Å². The lowest BCUT2D eigenvalue weighted by molar-refractivity contribution is 0.0515. The quantitative estimate of drug-likeness (QED) is 0.563. The number of halogens is 1. The van der Waals surface area contributed by atoms with Crippen molar-refractivity contribution in [2.75, 3.05) is 6.61 Å². The third-order valence-corrected chi connectivity index (χ3v) is 4.93. The maximum atomic E-state index is 12.8. The van der Waals surface area contributed by atoms with Crippen molar-refractivity contribution < 1.29 is 9.53 Å². The molecule has 1 heterocycles. The monoisotopic (exact) mass is 353 g/mol. The van der Waals surface area contributed by atoms with Crippen molar-refractivity contribution in [3.05, 3.63) is 59.2 Å². The largest absolute Gasteiger partial charge is 0.461 e. The van der Waals surface area contributed by atoms with Gasteiger partial charge in [0.25, 0.3) is 0 Å². The second-order valence-electron chi connectivity index (χ2n) is 6.53. The fourth-order valence-corrected chi connectivity index (χ4v) is 3.56. The Bertz CT molecular complexity index is 926. The molecule has 4 heteroatoms. The van der Waals surface area contributed by atoms with E-state index in [1.54, 1.807) is 0 Å². The van der Waals surface area contributed by atoms with Gasteiger partial charge in [0.05, 0.1) is 6.61 Å². The van der Waals surface area contributed by atoms with E-state index in [9.17, 15) is 4.79 Å². The summed E-state index contributed by atoms with van der Waals surface area (Å²) in [4.78, 5) is 12.8. The first kappa shape index (κ1) is 16.2. The molecule has 1 saturated carbocycles. The van der Waals surface area contributed by atoms with Crippen LogP contribution in [0.4, 0.5) is 0 Å². The number of ether oxygens (including phenoxy) is 1. The smallest absolute Gasteiger partial charge is 0.355 e. The molecule has 128 valence electrons. The van der Waals surface area contributed by atoms with Crippen molar-refractivity contribution in [3.63, 3.8) is 0 Å². The number of hydrogen-bond donors (Lipinski definition) is 0. The molecule has 25 heavy (non-hydrogen) atoms. The zero-order chi connectivity index (χ0) is 17.4. The molecule has 1 aromatic heterocycles. The van der Waals surface area contributed by atoms with Gasteiger partial charge in [0.15, 0.2) is 0 Å². The van der Waals surface area contributed by atoms with Gasteiger partial charge in [0.1, 0.15) is 5.69 Å². The molecule has 0 bridgehead atoms. The van der Waals surface area contributed by atoms with Crippen LogP contribution in [0, 0.1) is 5.92 Å². The number of benzene rings is 2. The fourth-order valence-electron chi connectivity index (χ4n) is 3.38. The van der Waals surface area contributed by atoms with Gasteiger partial charge in [-0.25, -0.2) is 4.79 Å². The van der Waals surface area contributed by atoms with Crippen LogP contribution in [0.15, 0.2) is 48.5 Å². The summed E-state index contributed by atoms with van der Waals surface area (Å²) in [5, 5.41) is 1.67. The van der Waals surface area contributed by atoms with E-state index in [0.717, 1.165) is 28.6 Å². The highest BCUT2D eigenvalue weighted by atomic mass is 35.5. The van der Waals surface area contributed by atoms with E-state index in [4.69, 9.17) is 16.3 Å². The summed E-state index contributed by atoms with van der Waals surface area (Å²) < 4.78 is 7.53. The molecule has 0 atom stereocenters. The minimum atomic E-state index is -0.269. The van der Waals surface area contributed by atoms with E-state index < -0.39 is 0 Å². The van der Waals surface area contributed by atoms with E-state index in [2.05, 4.69) is 4.57 Å². The highest BCUT2D eigenvalue weighted by Gasteiger charge is 2.29. The van der Waals surface area contributed by atoms with Gasteiger partial charge < -0.3 is 9.30 Å². The maximum absolute atomic E-state index is 12.8. The zero-order valence-corrected chi connectivity index (χ0v) is 14.9. The normalized spacial score (nSPS) is 14.0. The van der Waals surface area contributed by atoms with Gasteiger partial charge in [0.2, 0.25) is 0 Å². The molecule has 0 spiro atoms. The van der Waals surface area contributed by atoms with E-state index in [1.807, 2.05) is 55.5 Å². The van der Waals surface area contributed by atoms with E-state index in [-0.39, 0.29) is 5.97 Å². The Balaban J connectivity index is 2.03. The molecular weight excluding hydrogens is 334 g/mol. The first-order valence-corrected chi connectivity index (χ1v) is 9.11. The third kappa shape index (κ3) is 3.05. The Morgan fingerprint density at radius 3 is 2.64 bits per heavy atom. The minimum Gasteiger partial charge on any atom is -0.461 e. The molecule has 0 aliphatic heterocycles. The molecule has 0 N–H and O–H groups in total. The molecule has 0 radical (unpaired) electrons. The van der Waals surface area contributed by atoms with Gasteiger partial charge >= 0.3 is 5.97 Å². The Hall–Kier alpha value is -2.26. The van der Waals surface area contributed by atoms with Crippen LogP contribution in [0.25, 0.3) is 22.0 Å². The molecule has 0 saturated heterocycles. The summed E-state index contributed by atoms with van der Waals surface area (Å²) in [5.74, 6) is 0.373. The Kier molecular flexibility index (Phi) is 4.26. The van der Waals surface area contributed by atoms with Crippen molar-refractivity contribution in [2.45, 2.75) is 26.3 Å². The topological polar surface area (TPSA) is 31.2 Å². The van der Waals surface area contributed by atoms with Crippen LogP contribution in [0.3, 0.4) is 0 Å². The average molecular weight is 354 g/mol. The first-order valence-electron chi connectivity index (χ1n) is 8.73. The van der Waals surface area contributed by atoms with Crippen LogP contribution < -0.4 is 0 Å². The Morgan fingerprint density at radius 2 is 1.96 bits per heavy atom. The van der Waals surface area contributed by atoms with E-state index >= 15 is 0 Å². The summed E-state index contributed by atoms with van der Waals surface area (Å²) in [6, 6.07) is 15.8. The highest BCUT2D eigenvalue weighted by Crippen LogP contribution is 2.40. The average Bonchev–Trinajstić information content (AvgIpc) is 3.37. The molecule has 1 fully saturated rings. The lowest BCUT2D eigenvalue weighted by Gasteiger charge is -2.11. The standard InChI is InChI=1S/C21H20ClNO2/c1-2-25-21(24)20-19(15-6-4-3-5-7-15)17-12-16(22)10-11-18(17)23(20)13-14-8-9-14/h3-7,10-12,14H,2,8-9,13H2,1H3. The highest BCUT2D eigenvalue weighted by molar-refractivity contribution is 6.31. The minimum absolute atomic E-state index is 0.269. The second-order valence-corrected chi connectivity index (χ2v) is 6.96. The predicted molar refractivity (Wildman–Crippen MR) is 101 cm³/mol. The van der Waals surface area contributed by atoms with E-state index in [1.165, 1.54) is 12.8 Å². The first-order chi connectivity index (χ1) is 12.2. The molecule has 2 aromatic carbocycles. The number of aromatic nitrogens is 1. The van der Waals surface area contributed by atoms with Crippen molar-refractivity contribution >= 4 is 28.5 Å². The molecule has 1 aliphatic carbocycles. The lowest BCUT2D eigenvalue weighted by Crippen LogP contribution is -2.14. The summed E-state index contributed by atoms with van der Waals surface area (Å²) in [7, 11) is 0. The van der Waals surface area contributed by atoms with Gasteiger partial charge in [-0.1, -0.05) is 41.9 Å². The van der Waals surface area contributed by atoms with Crippen LogP contribution in [0.1, 0.15) is 30.3 Å². The summed E-state index contributed by atoms with van der Waals surface area (Å²) >= 11 is 6.27. The molecule has 3 aromatic rings. The van der Waals surface area contributed by atoms with Gasteiger partial charge in [-0.3, -0.25) is 0 Å². The van der Waals surface area contributed by atoms with Gasteiger partial charge in [-0.2, -0.15) is 0 Å². The molecule has 3 nitrogen and oxygen atoms in total. The van der Waals surface area contributed by atoms with Crippen LogP contribution in [0.5, 0.6) is 0 Å². The maximum Gasteiger partial charge on any atom is 0.355 e. The Morgan fingerprint density at radius 1 is 1.20 bits per heavy atom. The van der Waals surface area contributed by atoms with Crippen LogP contribution >= 0.6 is 11.6 Å². The molecule has 0 amide bonds. The summed E-state index contributed by atoms with van der Waals surface area (Å²) in [5.41, 5.74) is 3.60.